The van der Waals surface area contributed by atoms with Gasteiger partial charge in [-0.25, -0.2) is 0 Å². The minimum absolute atomic E-state index is 0.643. The molecule has 0 bridgehead atoms. The normalized spacial score (nSPS) is 21.2. The van der Waals surface area contributed by atoms with E-state index in [1.165, 1.54) is 17.7 Å². The van der Waals surface area contributed by atoms with Crippen LogP contribution in [-0.2, 0) is 0 Å². The summed E-state index contributed by atoms with van der Waals surface area (Å²) in [5, 5.41) is 3.36. The second kappa shape index (κ2) is 2.70. The van der Waals surface area contributed by atoms with Crippen LogP contribution >= 0.6 is 0 Å². The van der Waals surface area contributed by atoms with E-state index >= 15 is 0 Å². The molecule has 0 spiro atoms. The lowest BCUT2D eigenvalue weighted by Crippen LogP contribution is -2.14. The Morgan fingerprint density at radius 3 is 3.17 bits per heavy atom. The van der Waals surface area contributed by atoms with Gasteiger partial charge in [-0.15, -0.1) is 0 Å². The fourth-order valence-electron chi connectivity index (χ4n) is 1.73. The number of rotatable bonds is 0. The number of benzene rings is 1. The summed E-state index contributed by atoms with van der Waals surface area (Å²) in [6.45, 7) is 3.33. The van der Waals surface area contributed by atoms with Gasteiger partial charge >= 0.3 is 0 Å². The molecule has 0 radical (unpaired) electrons. The summed E-state index contributed by atoms with van der Waals surface area (Å²) >= 11 is 0. The Bertz CT molecular complexity index is 294. The van der Waals surface area contributed by atoms with E-state index in [1.54, 1.807) is 0 Å². The Morgan fingerprint density at radius 1 is 1.50 bits per heavy atom. The molecule has 64 valence electrons. The highest BCUT2D eigenvalue weighted by Crippen LogP contribution is 2.32. The molecule has 2 nitrogen and oxygen atoms in total. The van der Waals surface area contributed by atoms with Gasteiger partial charge in [0, 0.05) is 17.9 Å². The van der Waals surface area contributed by atoms with Gasteiger partial charge in [0.15, 0.2) is 0 Å². The van der Waals surface area contributed by atoms with E-state index in [-0.39, 0.29) is 0 Å². The first kappa shape index (κ1) is 7.47. The van der Waals surface area contributed by atoms with E-state index in [1.807, 2.05) is 6.07 Å². The average Bonchev–Trinajstić information content (AvgIpc) is 2.07. The highest BCUT2D eigenvalue weighted by molar-refractivity contribution is 5.60. The lowest BCUT2D eigenvalue weighted by molar-refractivity contribution is 0.684. The van der Waals surface area contributed by atoms with Crippen LogP contribution < -0.4 is 11.1 Å². The number of hydrogen-bond donors (Lipinski definition) is 2. The third-order valence-electron chi connectivity index (χ3n) is 2.50. The molecule has 1 atom stereocenters. The molecule has 0 aliphatic carbocycles. The number of hydrogen-bond acceptors (Lipinski definition) is 2. The van der Waals surface area contributed by atoms with E-state index in [0.29, 0.717) is 5.92 Å². The van der Waals surface area contributed by atoms with Crippen LogP contribution in [0.5, 0.6) is 0 Å². The van der Waals surface area contributed by atoms with Crippen molar-refractivity contribution >= 4 is 11.4 Å². The number of fused-ring (bicyclic) bond motifs is 1. The maximum Gasteiger partial charge on any atom is 0.0376 e. The highest BCUT2D eigenvalue weighted by atomic mass is 14.9. The van der Waals surface area contributed by atoms with E-state index in [4.69, 9.17) is 5.73 Å². The van der Waals surface area contributed by atoms with Crippen molar-refractivity contribution < 1.29 is 0 Å². The number of nitrogens with two attached hydrogens (primary N) is 1. The third-order valence-corrected chi connectivity index (χ3v) is 2.50. The van der Waals surface area contributed by atoms with E-state index in [0.717, 1.165) is 12.2 Å². The quantitative estimate of drug-likeness (QED) is 0.574. The maximum absolute atomic E-state index is 5.72. The summed E-state index contributed by atoms with van der Waals surface area (Å²) in [7, 11) is 0. The summed E-state index contributed by atoms with van der Waals surface area (Å²) in [4.78, 5) is 0. The zero-order valence-corrected chi connectivity index (χ0v) is 7.30. The fourth-order valence-corrected chi connectivity index (χ4v) is 1.73. The van der Waals surface area contributed by atoms with Gasteiger partial charge in [-0.2, -0.15) is 0 Å². The minimum Gasteiger partial charge on any atom is -0.399 e. The van der Waals surface area contributed by atoms with E-state index in [2.05, 4.69) is 24.4 Å². The molecule has 1 aromatic carbocycles. The van der Waals surface area contributed by atoms with Crippen molar-refractivity contribution in [1.29, 1.82) is 0 Å². The molecule has 0 saturated carbocycles. The number of anilines is 2. The Morgan fingerprint density at radius 2 is 2.33 bits per heavy atom. The molecular formula is C10H14N2. The van der Waals surface area contributed by atoms with Crippen LogP contribution in [0.4, 0.5) is 11.4 Å². The number of nitrogens with one attached hydrogen (secondary N) is 1. The molecule has 3 N–H and O–H groups in total. The average molecular weight is 162 g/mol. The SMILES string of the molecule is CC1CCNc2ccc(N)cc21. The summed E-state index contributed by atoms with van der Waals surface area (Å²) < 4.78 is 0. The molecule has 1 heterocycles. The Balaban J connectivity index is 2.47. The largest absolute Gasteiger partial charge is 0.399 e. The molecule has 0 aromatic heterocycles. The predicted octanol–water partition coefficient (Wildman–Crippen LogP) is 2.19. The highest BCUT2D eigenvalue weighted by Gasteiger charge is 2.15. The topological polar surface area (TPSA) is 38.0 Å². The second-order valence-electron chi connectivity index (χ2n) is 3.46. The van der Waals surface area contributed by atoms with Gasteiger partial charge in [0.25, 0.3) is 0 Å². The zero-order chi connectivity index (χ0) is 8.55. The summed E-state index contributed by atoms with van der Waals surface area (Å²) in [6.07, 6.45) is 1.20. The number of nitrogen functional groups attached to an aromatic ring is 1. The summed E-state index contributed by atoms with van der Waals surface area (Å²) in [5.41, 5.74) is 9.20. The lowest BCUT2D eigenvalue weighted by atomic mass is 9.92. The van der Waals surface area contributed by atoms with Crippen LogP contribution in [0.25, 0.3) is 0 Å². The monoisotopic (exact) mass is 162 g/mol. The minimum atomic E-state index is 0.643. The summed E-state index contributed by atoms with van der Waals surface area (Å²) in [6, 6.07) is 6.09. The van der Waals surface area contributed by atoms with Gasteiger partial charge in [-0.1, -0.05) is 6.92 Å². The van der Waals surface area contributed by atoms with Gasteiger partial charge in [0.1, 0.15) is 0 Å². The Kier molecular flexibility index (Phi) is 1.68. The van der Waals surface area contributed by atoms with Crippen LogP contribution in [0.3, 0.4) is 0 Å². The van der Waals surface area contributed by atoms with Crippen LogP contribution in [0, 0.1) is 0 Å². The molecule has 0 saturated heterocycles. The standard InChI is InChI=1S/C10H14N2/c1-7-4-5-12-10-3-2-8(11)6-9(7)10/h2-3,6-7,12H,4-5,11H2,1H3. The van der Waals surface area contributed by atoms with Gasteiger partial charge < -0.3 is 11.1 Å². The van der Waals surface area contributed by atoms with Gasteiger partial charge in [-0.05, 0) is 36.1 Å². The molecule has 2 rings (SSSR count). The molecule has 1 aliphatic heterocycles. The molecule has 0 amide bonds. The molecule has 1 aromatic rings. The lowest BCUT2D eigenvalue weighted by Gasteiger charge is -2.23. The van der Waals surface area contributed by atoms with Crippen LogP contribution in [0.2, 0.25) is 0 Å². The van der Waals surface area contributed by atoms with Crippen molar-refractivity contribution in [2.24, 2.45) is 0 Å². The molecule has 1 unspecified atom stereocenters. The first-order valence-corrected chi connectivity index (χ1v) is 4.40. The molecule has 0 fully saturated rings. The second-order valence-corrected chi connectivity index (χ2v) is 3.46. The Hall–Kier alpha value is -1.18. The van der Waals surface area contributed by atoms with Crippen LogP contribution in [-0.4, -0.2) is 6.54 Å². The van der Waals surface area contributed by atoms with Crippen LogP contribution in [0.15, 0.2) is 18.2 Å². The van der Waals surface area contributed by atoms with Crippen molar-refractivity contribution in [2.45, 2.75) is 19.3 Å². The zero-order valence-electron chi connectivity index (χ0n) is 7.30. The first-order chi connectivity index (χ1) is 5.77. The first-order valence-electron chi connectivity index (χ1n) is 4.40. The van der Waals surface area contributed by atoms with Gasteiger partial charge in [-0.3, -0.25) is 0 Å². The van der Waals surface area contributed by atoms with Crippen molar-refractivity contribution in [3.05, 3.63) is 23.8 Å². The molecular weight excluding hydrogens is 148 g/mol. The molecule has 12 heavy (non-hydrogen) atoms. The maximum atomic E-state index is 5.72. The van der Waals surface area contributed by atoms with Crippen molar-refractivity contribution in [3.63, 3.8) is 0 Å². The molecule has 1 aliphatic rings. The van der Waals surface area contributed by atoms with Gasteiger partial charge in [0.05, 0.1) is 0 Å². The van der Waals surface area contributed by atoms with E-state index in [9.17, 15) is 0 Å². The van der Waals surface area contributed by atoms with Gasteiger partial charge in [0.2, 0.25) is 0 Å². The van der Waals surface area contributed by atoms with Crippen molar-refractivity contribution in [2.75, 3.05) is 17.6 Å². The third kappa shape index (κ3) is 1.13. The predicted molar refractivity (Wildman–Crippen MR) is 52.4 cm³/mol. The Labute approximate surface area is 72.8 Å². The van der Waals surface area contributed by atoms with Crippen molar-refractivity contribution in [3.8, 4) is 0 Å². The van der Waals surface area contributed by atoms with E-state index < -0.39 is 0 Å². The fraction of sp³-hybridized carbons (Fsp3) is 0.400. The molecule has 2 heteroatoms. The smallest absolute Gasteiger partial charge is 0.0376 e. The summed E-state index contributed by atoms with van der Waals surface area (Å²) in [5.74, 6) is 0.643. The van der Waals surface area contributed by atoms with Crippen molar-refractivity contribution in [1.82, 2.24) is 0 Å². The van der Waals surface area contributed by atoms with Crippen LogP contribution in [0.1, 0.15) is 24.8 Å².